The van der Waals surface area contributed by atoms with Gasteiger partial charge in [-0.05, 0) is 65.5 Å². The lowest BCUT2D eigenvalue weighted by Crippen LogP contribution is -2.35. The predicted molar refractivity (Wildman–Crippen MR) is 106 cm³/mol. The molecular weight excluding hydrogens is 416 g/mol. The Hall–Kier alpha value is -1.70. The van der Waals surface area contributed by atoms with Crippen LogP contribution < -0.4 is 5.32 Å². The molecule has 1 aliphatic rings. The Balaban J connectivity index is 1.90. The third kappa shape index (κ3) is 4.00. The second kappa shape index (κ2) is 7.90. The fourth-order valence-electron chi connectivity index (χ4n) is 3.00. The van der Waals surface area contributed by atoms with Crippen LogP contribution in [0.2, 0.25) is 0 Å². The van der Waals surface area contributed by atoms with E-state index < -0.39 is 10.0 Å². The van der Waals surface area contributed by atoms with Crippen molar-refractivity contribution in [2.75, 3.05) is 18.4 Å². The van der Waals surface area contributed by atoms with Gasteiger partial charge in [-0.25, -0.2) is 8.42 Å². The molecule has 1 fully saturated rings. The van der Waals surface area contributed by atoms with Crippen LogP contribution in [0.15, 0.2) is 51.8 Å². The van der Waals surface area contributed by atoms with Gasteiger partial charge in [0.05, 0.1) is 10.5 Å². The first-order chi connectivity index (χ1) is 12.4. The van der Waals surface area contributed by atoms with E-state index in [1.165, 1.54) is 10.4 Å². The molecule has 26 heavy (non-hydrogen) atoms. The number of halogens is 1. The Morgan fingerprint density at radius 1 is 1.08 bits per heavy atom. The standard InChI is InChI=1S/C19H21BrN2O3S/c1-14-7-3-4-8-18(14)21-19(23)16-13-15(9-10-17(16)20)26(24,25)22-11-5-2-6-12-22/h3-4,7-10,13H,2,5-6,11-12H2,1H3,(H,21,23). The van der Waals surface area contributed by atoms with Crippen LogP contribution in [0.3, 0.4) is 0 Å². The molecule has 0 spiro atoms. The van der Waals surface area contributed by atoms with Crippen molar-refractivity contribution in [2.45, 2.75) is 31.1 Å². The summed E-state index contributed by atoms with van der Waals surface area (Å²) in [5.41, 5.74) is 1.94. The van der Waals surface area contributed by atoms with Gasteiger partial charge in [-0.15, -0.1) is 0 Å². The second-order valence-corrected chi connectivity index (χ2v) is 9.17. The predicted octanol–water partition coefficient (Wildman–Crippen LogP) is 4.18. The zero-order valence-corrected chi connectivity index (χ0v) is 16.9. The zero-order valence-electron chi connectivity index (χ0n) is 14.5. The van der Waals surface area contributed by atoms with E-state index in [4.69, 9.17) is 0 Å². The number of hydrogen-bond acceptors (Lipinski definition) is 3. The summed E-state index contributed by atoms with van der Waals surface area (Å²) in [6.07, 6.45) is 2.79. The quantitative estimate of drug-likeness (QED) is 0.781. The molecule has 0 aliphatic carbocycles. The van der Waals surface area contributed by atoms with Crippen LogP contribution >= 0.6 is 15.9 Å². The molecule has 7 heteroatoms. The SMILES string of the molecule is Cc1ccccc1NC(=O)c1cc(S(=O)(=O)N2CCCCC2)ccc1Br. The highest BCUT2D eigenvalue weighted by Crippen LogP contribution is 2.26. The lowest BCUT2D eigenvalue weighted by molar-refractivity contribution is 0.102. The first-order valence-corrected chi connectivity index (χ1v) is 10.8. The number of nitrogens with one attached hydrogen (secondary N) is 1. The van der Waals surface area contributed by atoms with E-state index in [1.54, 1.807) is 12.1 Å². The lowest BCUT2D eigenvalue weighted by atomic mass is 10.1. The van der Waals surface area contributed by atoms with Gasteiger partial charge in [0.15, 0.2) is 0 Å². The molecule has 1 aliphatic heterocycles. The van der Waals surface area contributed by atoms with Crippen LogP contribution in [0.5, 0.6) is 0 Å². The number of benzene rings is 2. The highest BCUT2D eigenvalue weighted by atomic mass is 79.9. The van der Waals surface area contributed by atoms with Gasteiger partial charge in [-0.3, -0.25) is 4.79 Å². The fourth-order valence-corrected chi connectivity index (χ4v) is 4.97. The highest BCUT2D eigenvalue weighted by molar-refractivity contribution is 9.10. The second-order valence-electron chi connectivity index (χ2n) is 6.38. The number of aryl methyl sites for hydroxylation is 1. The minimum absolute atomic E-state index is 0.150. The summed E-state index contributed by atoms with van der Waals surface area (Å²) >= 11 is 3.36. The van der Waals surface area contributed by atoms with Crippen molar-refractivity contribution in [3.63, 3.8) is 0 Å². The molecule has 1 heterocycles. The van der Waals surface area contributed by atoms with Crippen LogP contribution in [-0.4, -0.2) is 31.7 Å². The third-order valence-corrected chi connectivity index (χ3v) is 7.11. The number of piperidine rings is 1. The summed E-state index contributed by atoms with van der Waals surface area (Å²) in [6, 6.07) is 12.1. The summed E-state index contributed by atoms with van der Waals surface area (Å²) in [6.45, 7) is 2.97. The molecule has 0 bridgehead atoms. The summed E-state index contributed by atoms with van der Waals surface area (Å²) < 4.78 is 27.8. The molecule has 0 saturated carbocycles. The molecule has 1 N–H and O–H groups in total. The monoisotopic (exact) mass is 436 g/mol. The number of nitrogens with zero attached hydrogens (tertiary/aromatic N) is 1. The fraction of sp³-hybridized carbons (Fsp3) is 0.316. The topological polar surface area (TPSA) is 66.5 Å². The summed E-state index contributed by atoms with van der Waals surface area (Å²) in [5, 5.41) is 2.85. The first kappa shape index (κ1) is 19.1. The van der Waals surface area contributed by atoms with Crippen molar-refractivity contribution in [1.29, 1.82) is 0 Å². The molecule has 3 rings (SSSR count). The van der Waals surface area contributed by atoms with E-state index in [0.29, 0.717) is 28.8 Å². The van der Waals surface area contributed by atoms with E-state index in [-0.39, 0.29) is 10.8 Å². The Kier molecular flexibility index (Phi) is 5.79. The van der Waals surface area contributed by atoms with Crippen LogP contribution in [0.4, 0.5) is 5.69 Å². The summed E-state index contributed by atoms with van der Waals surface area (Å²) in [7, 11) is -3.58. The van der Waals surface area contributed by atoms with E-state index in [0.717, 1.165) is 24.8 Å². The molecule has 1 saturated heterocycles. The minimum Gasteiger partial charge on any atom is -0.322 e. The zero-order chi connectivity index (χ0) is 18.7. The smallest absolute Gasteiger partial charge is 0.256 e. The van der Waals surface area contributed by atoms with Crippen LogP contribution in [-0.2, 0) is 10.0 Å². The maximum atomic E-state index is 12.9. The minimum atomic E-state index is -3.58. The van der Waals surface area contributed by atoms with Crippen molar-refractivity contribution in [2.24, 2.45) is 0 Å². The number of carbonyl (C=O) groups excluding carboxylic acids is 1. The van der Waals surface area contributed by atoms with Gasteiger partial charge in [0.2, 0.25) is 10.0 Å². The van der Waals surface area contributed by atoms with Gasteiger partial charge in [0.25, 0.3) is 5.91 Å². The number of carbonyl (C=O) groups is 1. The number of anilines is 1. The van der Waals surface area contributed by atoms with E-state index in [9.17, 15) is 13.2 Å². The number of sulfonamides is 1. The normalized spacial score (nSPS) is 15.6. The van der Waals surface area contributed by atoms with Gasteiger partial charge in [-0.1, -0.05) is 24.6 Å². The van der Waals surface area contributed by atoms with Gasteiger partial charge in [0.1, 0.15) is 0 Å². The molecule has 0 aromatic heterocycles. The van der Waals surface area contributed by atoms with Crippen molar-refractivity contribution < 1.29 is 13.2 Å². The number of amides is 1. The maximum absolute atomic E-state index is 12.9. The van der Waals surface area contributed by atoms with E-state index in [1.807, 2.05) is 31.2 Å². The van der Waals surface area contributed by atoms with Crippen LogP contribution in [0.25, 0.3) is 0 Å². The van der Waals surface area contributed by atoms with Crippen molar-refractivity contribution in [3.8, 4) is 0 Å². The first-order valence-electron chi connectivity index (χ1n) is 8.56. The molecular formula is C19H21BrN2O3S. The van der Waals surface area contributed by atoms with E-state index in [2.05, 4.69) is 21.2 Å². The maximum Gasteiger partial charge on any atom is 0.256 e. The number of hydrogen-bond donors (Lipinski definition) is 1. The molecule has 138 valence electrons. The average Bonchev–Trinajstić information content (AvgIpc) is 2.64. The van der Waals surface area contributed by atoms with Gasteiger partial charge < -0.3 is 5.32 Å². The van der Waals surface area contributed by atoms with Crippen molar-refractivity contribution >= 4 is 37.5 Å². The Labute approximate surface area is 162 Å². The van der Waals surface area contributed by atoms with Crippen LogP contribution in [0.1, 0.15) is 35.2 Å². The Morgan fingerprint density at radius 3 is 2.46 bits per heavy atom. The average molecular weight is 437 g/mol. The van der Waals surface area contributed by atoms with Gasteiger partial charge in [0, 0.05) is 23.2 Å². The van der Waals surface area contributed by atoms with E-state index >= 15 is 0 Å². The van der Waals surface area contributed by atoms with Crippen LogP contribution in [0, 0.1) is 6.92 Å². The van der Waals surface area contributed by atoms with Crippen molar-refractivity contribution in [3.05, 3.63) is 58.1 Å². The molecule has 2 aromatic carbocycles. The molecule has 0 atom stereocenters. The highest BCUT2D eigenvalue weighted by Gasteiger charge is 2.27. The third-order valence-electron chi connectivity index (χ3n) is 4.53. The summed E-state index contributed by atoms with van der Waals surface area (Å²) in [4.78, 5) is 12.8. The Morgan fingerprint density at radius 2 is 1.77 bits per heavy atom. The summed E-state index contributed by atoms with van der Waals surface area (Å²) in [5.74, 6) is -0.345. The molecule has 1 amide bonds. The number of rotatable bonds is 4. The molecule has 5 nitrogen and oxygen atoms in total. The molecule has 2 aromatic rings. The Bertz CT molecular complexity index is 922. The lowest BCUT2D eigenvalue weighted by Gasteiger charge is -2.26. The molecule has 0 unspecified atom stereocenters. The van der Waals surface area contributed by atoms with Gasteiger partial charge in [-0.2, -0.15) is 4.31 Å². The number of para-hydroxylation sites is 1. The molecule has 0 radical (unpaired) electrons. The van der Waals surface area contributed by atoms with Crippen molar-refractivity contribution in [1.82, 2.24) is 4.31 Å². The largest absolute Gasteiger partial charge is 0.322 e. The van der Waals surface area contributed by atoms with Gasteiger partial charge >= 0.3 is 0 Å².